The van der Waals surface area contributed by atoms with Gasteiger partial charge < -0.3 is 10.1 Å². The number of halogens is 2. The molecule has 0 aliphatic heterocycles. The topological polar surface area (TPSA) is 47.0 Å². The molecule has 1 aromatic heterocycles. The molecule has 2 aromatic rings. The van der Waals surface area contributed by atoms with Gasteiger partial charge in [0.05, 0.1) is 28.1 Å². The Labute approximate surface area is 121 Å². The van der Waals surface area contributed by atoms with Crippen LogP contribution in [0, 0.1) is 0 Å². The Morgan fingerprint density at radius 1 is 1.16 bits per heavy atom. The minimum atomic E-state index is 0.415. The first-order chi connectivity index (χ1) is 9.19. The van der Waals surface area contributed by atoms with Gasteiger partial charge >= 0.3 is 0 Å². The molecule has 0 bridgehead atoms. The highest BCUT2D eigenvalue weighted by Gasteiger charge is 2.03. The predicted molar refractivity (Wildman–Crippen MR) is 75.9 cm³/mol. The van der Waals surface area contributed by atoms with E-state index >= 15 is 0 Å². The summed E-state index contributed by atoms with van der Waals surface area (Å²) in [6.07, 6.45) is 3.25. The lowest BCUT2D eigenvalue weighted by atomic mass is 10.3. The van der Waals surface area contributed by atoms with Crippen molar-refractivity contribution in [3.05, 3.63) is 46.3 Å². The van der Waals surface area contributed by atoms with Gasteiger partial charge in [-0.15, -0.1) is 0 Å². The van der Waals surface area contributed by atoms with Crippen LogP contribution in [0.3, 0.4) is 0 Å². The maximum Gasteiger partial charge on any atom is 0.237 e. The second-order valence-electron chi connectivity index (χ2n) is 3.80. The van der Waals surface area contributed by atoms with Gasteiger partial charge in [0.1, 0.15) is 5.75 Å². The summed E-state index contributed by atoms with van der Waals surface area (Å²) in [4.78, 5) is 8.42. The molecule has 1 N–H and O–H groups in total. The van der Waals surface area contributed by atoms with Crippen molar-refractivity contribution in [2.75, 3.05) is 6.54 Å². The van der Waals surface area contributed by atoms with Gasteiger partial charge in [-0.2, -0.15) is 0 Å². The van der Waals surface area contributed by atoms with Gasteiger partial charge in [-0.1, -0.05) is 30.1 Å². The Morgan fingerprint density at radius 3 is 2.63 bits per heavy atom. The average molecular weight is 298 g/mol. The van der Waals surface area contributed by atoms with E-state index in [1.807, 2.05) is 6.92 Å². The first-order valence-electron chi connectivity index (χ1n) is 5.83. The van der Waals surface area contributed by atoms with Crippen LogP contribution in [0.2, 0.25) is 10.0 Å². The number of ether oxygens (including phenoxy) is 1. The monoisotopic (exact) mass is 297 g/mol. The van der Waals surface area contributed by atoms with Crippen LogP contribution in [-0.2, 0) is 6.54 Å². The quantitative estimate of drug-likeness (QED) is 0.914. The fourth-order valence-electron chi connectivity index (χ4n) is 1.40. The van der Waals surface area contributed by atoms with Crippen molar-refractivity contribution < 1.29 is 4.74 Å². The second-order valence-corrected chi connectivity index (χ2v) is 4.62. The number of nitrogens with one attached hydrogen (secondary N) is 1. The Balaban J connectivity index is 2.04. The number of hydrogen-bond acceptors (Lipinski definition) is 4. The summed E-state index contributed by atoms with van der Waals surface area (Å²) in [6, 6.07) is 5.03. The van der Waals surface area contributed by atoms with Crippen LogP contribution in [0.15, 0.2) is 30.6 Å². The molecule has 0 amide bonds. The Hall–Kier alpha value is -1.36. The van der Waals surface area contributed by atoms with Crippen LogP contribution in [0.5, 0.6) is 11.6 Å². The summed E-state index contributed by atoms with van der Waals surface area (Å²) in [5.74, 6) is 0.988. The van der Waals surface area contributed by atoms with Gasteiger partial charge in [-0.05, 0) is 18.7 Å². The molecule has 4 nitrogen and oxygen atoms in total. The number of rotatable bonds is 5. The molecule has 0 aliphatic rings. The lowest BCUT2D eigenvalue weighted by Crippen LogP contribution is -2.13. The first kappa shape index (κ1) is 14.1. The summed E-state index contributed by atoms with van der Waals surface area (Å²) >= 11 is 11.7. The van der Waals surface area contributed by atoms with Crippen molar-refractivity contribution in [3.8, 4) is 11.6 Å². The molecule has 0 unspecified atom stereocenters. The highest BCUT2D eigenvalue weighted by molar-refractivity contribution is 6.42. The van der Waals surface area contributed by atoms with Crippen LogP contribution in [0.1, 0.15) is 12.6 Å². The lowest BCUT2D eigenvalue weighted by molar-refractivity contribution is 0.459. The normalized spacial score (nSPS) is 10.5. The molecule has 1 heterocycles. The van der Waals surface area contributed by atoms with Gasteiger partial charge in [0.2, 0.25) is 5.88 Å². The highest BCUT2D eigenvalue weighted by atomic mass is 35.5. The molecule has 0 saturated heterocycles. The van der Waals surface area contributed by atoms with Gasteiger partial charge in [0.15, 0.2) is 0 Å². The van der Waals surface area contributed by atoms with E-state index in [1.54, 1.807) is 30.6 Å². The third-order valence-corrected chi connectivity index (χ3v) is 3.09. The molecule has 0 fully saturated rings. The summed E-state index contributed by atoms with van der Waals surface area (Å²) in [5, 5.41) is 4.10. The van der Waals surface area contributed by atoms with Gasteiger partial charge in [0, 0.05) is 12.6 Å². The molecular weight excluding hydrogens is 285 g/mol. The van der Waals surface area contributed by atoms with Crippen molar-refractivity contribution in [2.24, 2.45) is 0 Å². The van der Waals surface area contributed by atoms with Gasteiger partial charge in [0.25, 0.3) is 0 Å². The molecule has 1 aromatic carbocycles. The zero-order valence-corrected chi connectivity index (χ0v) is 11.9. The maximum absolute atomic E-state index is 5.91. The molecular formula is C13H13Cl2N3O. The van der Waals surface area contributed by atoms with E-state index in [0.29, 0.717) is 28.2 Å². The minimum absolute atomic E-state index is 0.415. The molecule has 0 atom stereocenters. The summed E-state index contributed by atoms with van der Waals surface area (Å²) in [5.41, 5.74) is 0.864. The summed E-state index contributed by atoms with van der Waals surface area (Å²) in [6.45, 7) is 3.62. The van der Waals surface area contributed by atoms with Crippen LogP contribution in [-0.4, -0.2) is 16.5 Å². The van der Waals surface area contributed by atoms with Crippen LogP contribution < -0.4 is 10.1 Å². The molecule has 0 aliphatic carbocycles. The third kappa shape index (κ3) is 4.06. The van der Waals surface area contributed by atoms with Crippen LogP contribution in [0.25, 0.3) is 0 Å². The number of hydrogen-bond donors (Lipinski definition) is 1. The average Bonchev–Trinajstić information content (AvgIpc) is 2.42. The molecule has 0 spiro atoms. The molecule has 0 saturated carbocycles. The van der Waals surface area contributed by atoms with Crippen molar-refractivity contribution in [2.45, 2.75) is 13.5 Å². The van der Waals surface area contributed by atoms with Crippen LogP contribution >= 0.6 is 23.2 Å². The molecule has 100 valence electrons. The van der Waals surface area contributed by atoms with Crippen molar-refractivity contribution in [1.82, 2.24) is 15.3 Å². The molecule has 2 rings (SSSR count). The second kappa shape index (κ2) is 6.70. The van der Waals surface area contributed by atoms with Crippen molar-refractivity contribution in [1.29, 1.82) is 0 Å². The highest BCUT2D eigenvalue weighted by Crippen LogP contribution is 2.28. The van der Waals surface area contributed by atoms with Crippen molar-refractivity contribution >= 4 is 23.2 Å². The zero-order valence-electron chi connectivity index (χ0n) is 10.4. The van der Waals surface area contributed by atoms with E-state index in [0.717, 1.165) is 12.2 Å². The van der Waals surface area contributed by atoms with E-state index in [9.17, 15) is 0 Å². The standard InChI is InChI=1S/C13H13Cl2N3O/c1-2-16-6-9-7-18-13(8-17-9)19-10-3-4-11(14)12(15)5-10/h3-5,7-8,16H,2,6H2,1H3. The SMILES string of the molecule is CCNCc1cnc(Oc2ccc(Cl)c(Cl)c2)cn1. The van der Waals surface area contributed by atoms with Crippen LogP contribution in [0.4, 0.5) is 0 Å². The Bertz CT molecular complexity index is 546. The van der Waals surface area contributed by atoms with E-state index in [2.05, 4.69) is 15.3 Å². The number of benzene rings is 1. The first-order valence-corrected chi connectivity index (χ1v) is 6.59. The van der Waals surface area contributed by atoms with E-state index < -0.39 is 0 Å². The fraction of sp³-hybridized carbons (Fsp3) is 0.231. The smallest absolute Gasteiger partial charge is 0.237 e. The summed E-state index contributed by atoms with van der Waals surface area (Å²) < 4.78 is 5.54. The lowest BCUT2D eigenvalue weighted by Gasteiger charge is -2.06. The van der Waals surface area contributed by atoms with Gasteiger partial charge in [-0.3, -0.25) is 4.98 Å². The largest absolute Gasteiger partial charge is 0.437 e. The van der Waals surface area contributed by atoms with E-state index in [1.165, 1.54) is 0 Å². The van der Waals surface area contributed by atoms with Crippen molar-refractivity contribution in [3.63, 3.8) is 0 Å². The van der Waals surface area contributed by atoms with Gasteiger partial charge in [-0.25, -0.2) is 4.98 Å². The third-order valence-electron chi connectivity index (χ3n) is 2.35. The Morgan fingerprint density at radius 2 is 2.00 bits per heavy atom. The Kier molecular flexibility index (Phi) is 4.96. The summed E-state index contributed by atoms with van der Waals surface area (Å²) in [7, 11) is 0. The zero-order chi connectivity index (χ0) is 13.7. The maximum atomic E-state index is 5.91. The number of aromatic nitrogens is 2. The molecule has 19 heavy (non-hydrogen) atoms. The molecule has 0 radical (unpaired) electrons. The number of nitrogens with zero attached hydrogens (tertiary/aromatic N) is 2. The minimum Gasteiger partial charge on any atom is -0.437 e. The predicted octanol–water partition coefficient (Wildman–Crippen LogP) is 3.69. The van der Waals surface area contributed by atoms with E-state index in [4.69, 9.17) is 27.9 Å². The molecule has 6 heteroatoms. The van der Waals surface area contributed by atoms with E-state index in [-0.39, 0.29) is 0 Å². The fourth-order valence-corrected chi connectivity index (χ4v) is 1.69.